The molecule has 0 spiro atoms. The molecule has 0 saturated heterocycles. The Labute approximate surface area is 212 Å². The Kier molecular flexibility index (Phi) is 7.21. The highest BCUT2D eigenvalue weighted by molar-refractivity contribution is 7.80. The number of carbonyl (C=O) groups is 1. The summed E-state index contributed by atoms with van der Waals surface area (Å²) in [6.07, 6.45) is -4.78. The van der Waals surface area contributed by atoms with Crippen molar-refractivity contribution < 1.29 is 18.0 Å². The molecule has 4 N–H and O–H groups in total. The van der Waals surface area contributed by atoms with Gasteiger partial charge in [0.1, 0.15) is 5.82 Å². The van der Waals surface area contributed by atoms with E-state index in [2.05, 4.69) is 26.6 Å². The van der Waals surface area contributed by atoms with Gasteiger partial charge in [-0.15, -0.1) is 0 Å². The molecule has 1 amide bonds. The van der Waals surface area contributed by atoms with Crippen LogP contribution in [0, 0.1) is 13.8 Å². The molecule has 3 atom stereocenters. The zero-order chi connectivity index (χ0) is 26.0. The van der Waals surface area contributed by atoms with E-state index in [0.717, 1.165) is 26.9 Å². The van der Waals surface area contributed by atoms with Crippen molar-refractivity contribution in [2.75, 3.05) is 5.32 Å². The summed E-state index contributed by atoms with van der Waals surface area (Å²) in [5, 5.41) is 10.3. The normalized spacial score (nSPS) is 17.9. The molecule has 1 aliphatic heterocycles. The van der Waals surface area contributed by atoms with Crippen LogP contribution in [0.4, 0.5) is 19.0 Å². The lowest BCUT2D eigenvalue weighted by Crippen LogP contribution is -2.47. The van der Waals surface area contributed by atoms with E-state index in [0.29, 0.717) is 0 Å². The predicted octanol–water partition coefficient (Wildman–Crippen LogP) is 5.03. The van der Waals surface area contributed by atoms with Crippen LogP contribution in [-0.2, 0) is 0 Å². The molecule has 3 aromatic rings. The Balaban J connectivity index is 1.46. The molecule has 0 bridgehead atoms. The Bertz CT molecular complexity index is 1260. The van der Waals surface area contributed by atoms with Crippen molar-refractivity contribution in [2.45, 2.75) is 51.5 Å². The van der Waals surface area contributed by atoms with Gasteiger partial charge in [0.2, 0.25) is 0 Å². The van der Waals surface area contributed by atoms with Crippen LogP contribution in [0.1, 0.15) is 64.2 Å². The lowest BCUT2D eigenvalue weighted by atomic mass is 9.94. The number of amides is 1. The van der Waals surface area contributed by atoms with E-state index in [-0.39, 0.29) is 29.1 Å². The van der Waals surface area contributed by atoms with Gasteiger partial charge in [0.05, 0.1) is 12.1 Å². The molecule has 2 heterocycles. The van der Waals surface area contributed by atoms with Gasteiger partial charge in [0.25, 0.3) is 5.91 Å². The molecule has 0 unspecified atom stereocenters. The number of hydrogen-bond donors (Lipinski definition) is 4. The maximum atomic E-state index is 14.0. The zero-order valence-corrected chi connectivity index (χ0v) is 20.8. The third-order valence-corrected chi connectivity index (χ3v) is 6.51. The minimum atomic E-state index is -4.54. The fraction of sp³-hybridized carbons (Fsp3) is 0.320. The second kappa shape index (κ2) is 10.2. The lowest BCUT2D eigenvalue weighted by Gasteiger charge is -2.33. The minimum absolute atomic E-state index is 0.121. The maximum Gasteiger partial charge on any atom is 0.410 e. The van der Waals surface area contributed by atoms with Gasteiger partial charge in [-0.2, -0.15) is 18.3 Å². The molecule has 0 aliphatic carbocycles. The van der Waals surface area contributed by atoms with Crippen LogP contribution in [0.2, 0.25) is 0 Å². The summed E-state index contributed by atoms with van der Waals surface area (Å²) in [5.74, 6) is -0.589. The van der Waals surface area contributed by atoms with Crippen molar-refractivity contribution in [3.8, 4) is 0 Å². The maximum absolute atomic E-state index is 14.0. The van der Waals surface area contributed by atoms with E-state index < -0.39 is 24.2 Å². The summed E-state index contributed by atoms with van der Waals surface area (Å²) in [6.45, 7) is 5.77. The third kappa shape index (κ3) is 5.62. The number of benzene rings is 2. The number of rotatable bonds is 4. The number of alkyl halides is 3. The highest BCUT2D eigenvalue weighted by atomic mass is 32.1. The molecule has 4 rings (SSSR count). The first-order chi connectivity index (χ1) is 17.0. The van der Waals surface area contributed by atoms with Crippen LogP contribution in [0.5, 0.6) is 0 Å². The molecule has 11 heteroatoms. The van der Waals surface area contributed by atoms with E-state index in [4.69, 9.17) is 12.2 Å². The lowest BCUT2D eigenvalue weighted by molar-refractivity contribution is -0.173. The van der Waals surface area contributed by atoms with Crippen molar-refractivity contribution >= 4 is 29.1 Å². The van der Waals surface area contributed by atoms with Gasteiger partial charge >= 0.3 is 6.18 Å². The van der Waals surface area contributed by atoms with Gasteiger partial charge in [-0.25, -0.2) is 4.68 Å². The first kappa shape index (κ1) is 25.5. The molecule has 1 aromatic heterocycles. The number of anilines is 1. The average molecular weight is 517 g/mol. The molecule has 36 heavy (non-hydrogen) atoms. The first-order valence-electron chi connectivity index (χ1n) is 11.4. The van der Waals surface area contributed by atoms with E-state index in [1.807, 2.05) is 69.3 Å². The fourth-order valence-corrected chi connectivity index (χ4v) is 4.35. The molecular weight excluding hydrogens is 489 g/mol. The quantitative estimate of drug-likeness (QED) is 0.288. The summed E-state index contributed by atoms with van der Waals surface area (Å²) in [7, 11) is 0. The third-order valence-electron chi connectivity index (χ3n) is 6.29. The van der Waals surface area contributed by atoms with Gasteiger partial charge in [0, 0.05) is 12.5 Å². The number of hydrogen-bond acceptors (Lipinski definition) is 4. The van der Waals surface area contributed by atoms with Crippen LogP contribution in [0.25, 0.3) is 0 Å². The second-order valence-corrected chi connectivity index (χ2v) is 9.29. The molecule has 7 nitrogen and oxygen atoms in total. The van der Waals surface area contributed by atoms with Crippen LogP contribution in [-0.4, -0.2) is 27.0 Å². The summed E-state index contributed by atoms with van der Waals surface area (Å²) in [4.78, 5) is 12.7. The predicted molar refractivity (Wildman–Crippen MR) is 135 cm³/mol. The van der Waals surface area contributed by atoms with Crippen molar-refractivity contribution in [1.29, 1.82) is 0 Å². The van der Waals surface area contributed by atoms with Crippen molar-refractivity contribution in [1.82, 2.24) is 25.9 Å². The molecule has 190 valence electrons. The van der Waals surface area contributed by atoms with Crippen LogP contribution in [0.3, 0.4) is 0 Å². The average Bonchev–Trinajstić information content (AvgIpc) is 3.28. The Morgan fingerprint density at radius 3 is 2.50 bits per heavy atom. The SMILES string of the molecule is Cc1ccc([C@@H]2C[C@@H](C(F)(F)F)n3nc(C(=O)NNC(=S)N[C@@H](C)c4ccccc4)cc3N2)cc1C. The van der Waals surface area contributed by atoms with Crippen molar-refractivity contribution in [2.24, 2.45) is 0 Å². The van der Waals surface area contributed by atoms with Crippen molar-refractivity contribution in [3.63, 3.8) is 0 Å². The number of carbonyl (C=O) groups excluding carboxylic acids is 1. The molecule has 2 aromatic carbocycles. The highest BCUT2D eigenvalue weighted by Gasteiger charge is 2.46. The summed E-state index contributed by atoms with van der Waals surface area (Å²) in [6, 6.07) is 13.9. The number of hydrazine groups is 1. The fourth-order valence-electron chi connectivity index (χ4n) is 4.12. The van der Waals surface area contributed by atoms with Gasteiger partial charge in [-0.1, -0.05) is 48.5 Å². The number of thiocarbonyl (C=S) groups is 1. The number of nitrogens with zero attached hydrogens (tertiary/aromatic N) is 2. The van der Waals surface area contributed by atoms with E-state index in [9.17, 15) is 18.0 Å². The number of fused-ring (bicyclic) bond motifs is 1. The number of aromatic nitrogens is 2. The van der Waals surface area contributed by atoms with Gasteiger partial charge < -0.3 is 10.6 Å². The van der Waals surface area contributed by atoms with E-state index in [1.54, 1.807) is 0 Å². The van der Waals surface area contributed by atoms with Crippen LogP contribution < -0.4 is 21.5 Å². The summed E-state index contributed by atoms with van der Waals surface area (Å²) >= 11 is 5.22. The number of nitrogens with one attached hydrogen (secondary N) is 4. The first-order valence-corrected chi connectivity index (χ1v) is 11.9. The Morgan fingerprint density at radius 1 is 1.11 bits per heavy atom. The monoisotopic (exact) mass is 516 g/mol. The smallest absolute Gasteiger partial charge is 0.363 e. The topological polar surface area (TPSA) is 83.0 Å². The van der Waals surface area contributed by atoms with Crippen LogP contribution in [0.15, 0.2) is 54.6 Å². The second-order valence-electron chi connectivity index (χ2n) is 8.88. The Hall–Kier alpha value is -3.60. The van der Waals surface area contributed by atoms with Crippen LogP contribution >= 0.6 is 12.2 Å². The molecule has 0 radical (unpaired) electrons. The summed E-state index contributed by atoms with van der Waals surface area (Å²) < 4.78 is 42.7. The van der Waals surface area contributed by atoms with Crippen molar-refractivity contribution in [3.05, 3.63) is 82.5 Å². The molecule has 0 saturated carbocycles. The highest BCUT2D eigenvalue weighted by Crippen LogP contribution is 2.43. The van der Waals surface area contributed by atoms with Gasteiger partial charge in [-0.05, 0) is 55.2 Å². The minimum Gasteiger partial charge on any atom is -0.363 e. The van der Waals surface area contributed by atoms with Gasteiger partial charge in [0.15, 0.2) is 16.8 Å². The number of halogens is 3. The Morgan fingerprint density at radius 2 is 1.83 bits per heavy atom. The van der Waals surface area contributed by atoms with E-state index >= 15 is 0 Å². The largest absolute Gasteiger partial charge is 0.410 e. The van der Waals surface area contributed by atoms with E-state index in [1.165, 1.54) is 6.07 Å². The standard InChI is InChI=1S/C25H27F3N6OS/c1-14-9-10-18(11-15(14)2)19-12-21(25(26,27)28)34-22(30-19)13-20(33-34)23(35)31-32-24(36)29-16(3)17-7-5-4-6-8-17/h4-11,13,16,19,21,30H,12H2,1-3H3,(H,31,35)(H2,29,32,36)/t16-,19-,21-/m0/s1. The summed E-state index contributed by atoms with van der Waals surface area (Å²) in [5.41, 5.74) is 8.61. The molecule has 1 aliphatic rings. The molecule has 0 fully saturated rings. The zero-order valence-electron chi connectivity index (χ0n) is 20.0. The number of aryl methyl sites for hydroxylation is 2. The van der Waals surface area contributed by atoms with Gasteiger partial charge in [-0.3, -0.25) is 15.6 Å². The molecular formula is C25H27F3N6OS.